The van der Waals surface area contributed by atoms with Gasteiger partial charge in [-0.3, -0.25) is 15.1 Å². The number of rotatable bonds is 6. The van der Waals surface area contributed by atoms with E-state index in [1.165, 1.54) is 13.0 Å². The molecule has 4 N–H and O–H groups in total. The van der Waals surface area contributed by atoms with Crippen molar-refractivity contribution in [3.8, 4) is 0 Å². The number of carbonyl (C=O) groups is 2. The molecule has 0 saturated carbocycles. The maximum atomic E-state index is 15.3. The van der Waals surface area contributed by atoms with Crippen molar-refractivity contribution in [3.05, 3.63) is 53.5 Å². The Labute approximate surface area is 199 Å². The molecule has 34 heavy (non-hydrogen) atoms. The minimum atomic E-state index is -0.819. The van der Waals surface area contributed by atoms with Crippen molar-refractivity contribution in [2.45, 2.75) is 38.5 Å². The van der Waals surface area contributed by atoms with E-state index in [0.29, 0.717) is 38.3 Å². The zero-order chi connectivity index (χ0) is 24.3. The van der Waals surface area contributed by atoms with Crippen LogP contribution in [0.5, 0.6) is 0 Å². The minimum absolute atomic E-state index is 0.184. The van der Waals surface area contributed by atoms with Gasteiger partial charge in [0.1, 0.15) is 11.9 Å². The molecule has 2 atom stereocenters. The average molecular weight is 473 g/mol. The number of benzene rings is 1. The Bertz CT molecular complexity index is 981. The summed E-state index contributed by atoms with van der Waals surface area (Å²) in [6, 6.07) is 7.80. The maximum Gasteiger partial charge on any atom is 0.411 e. The van der Waals surface area contributed by atoms with E-state index in [9.17, 15) is 9.59 Å². The first kappa shape index (κ1) is 24.0. The van der Waals surface area contributed by atoms with E-state index in [0.717, 1.165) is 24.3 Å². The highest BCUT2D eigenvalue weighted by atomic mass is 19.1. The van der Waals surface area contributed by atoms with E-state index in [4.69, 9.17) is 10.5 Å². The normalized spacial score (nSPS) is 26.0. The predicted molar refractivity (Wildman–Crippen MR) is 127 cm³/mol. The van der Waals surface area contributed by atoms with Crippen LogP contribution in [-0.2, 0) is 16.1 Å². The fraction of sp³-hybridized carbons (Fsp3) is 0.500. The lowest BCUT2D eigenvalue weighted by molar-refractivity contribution is -0.119. The number of nitrogens with zero attached hydrogens (tertiary/aromatic N) is 3. The summed E-state index contributed by atoms with van der Waals surface area (Å²) in [5.41, 5.74) is 10.8. The summed E-state index contributed by atoms with van der Waals surface area (Å²) >= 11 is 0. The van der Waals surface area contributed by atoms with Crippen LogP contribution >= 0.6 is 0 Å². The second-order valence-corrected chi connectivity index (χ2v) is 9.25. The van der Waals surface area contributed by atoms with Crippen molar-refractivity contribution in [1.29, 1.82) is 0 Å². The van der Waals surface area contributed by atoms with E-state index in [1.807, 2.05) is 42.2 Å². The van der Waals surface area contributed by atoms with E-state index in [-0.39, 0.29) is 18.3 Å². The highest BCUT2D eigenvalue weighted by Gasteiger charge is 2.43. The number of amides is 2. The lowest BCUT2D eigenvalue weighted by Crippen LogP contribution is -2.47. The number of nitrogens with two attached hydrogens (primary N) is 1. The first-order chi connectivity index (χ1) is 16.2. The van der Waals surface area contributed by atoms with E-state index in [2.05, 4.69) is 15.8 Å². The van der Waals surface area contributed by atoms with E-state index >= 15 is 4.39 Å². The number of cyclic esters (lactones) is 1. The SMILES string of the molecule is CC(=O)NC[C@H]1CN(C2(C)C=C(F)C(N3CCNN(Cc4ccc(N)cc4)CC3)=CC2)C(=O)O1. The monoisotopic (exact) mass is 472 g/mol. The molecule has 1 aromatic rings. The summed E-state index contributed by atoms with van der Waals surface area (Å²) in [5.74, 6) is -0.519. The Hall–Kier alpha value is -3.11. The third-order valence-corrected chi connectivity index (χ3v) is 6.51. The number of hydrazine groups is 1. The zero-order valence-corrected chi connectivity index (χ0v) is 19.7. The third-order valence-electron chi connectivity index (χ3n) is 6.51. The van der Waals surface area contributed by atoms with Gasteiger partial charge in [0.05, 0.1) is 24.3 Å². The number of nitrogens with one attached hydrogen (secondary N) is 2. The second-order valence-electron chi connectivity index (χ2n) is 9.25. The molecule has 1 aromatic carbocycles. The van der Waals surface area contributed by atoms with Crippen LogP contribution in [0.3, 0.4) is 0 Å². The summed E-state index contributed by atoms with van der Waals surface area (Å²) in [5, 5.41) is 4.80. The molecule has 0 bridgehead atoms. The van der Waals surface area contributed by atoms with Gasteiger partial charge < -0.3 is 20.7 Å². The van der Waals surface area contributed by atoms with Crippen LogP contribution < -0.4 is 16.5 Å². The lowest BCUT2D eigenvalue weighted by atomic mass is 9.89. The highest BCUT2D eigenvalue weighted by molar-refractivity contribution is 5.74. The molecule has 2 saturated heterocycles. The number of nitrogen functional groups attached to an aromatic ring is 1. The molecule has 0 aromatic heterocycles. The summed E-state index contributed by atoms with van der Waals surface area (Å²) in [6.45, 7) is 7.31. The first-order valence-corrected chi connectivity index (χ1v) is 11.6. The van der Waals surface area contributed by atoms with E-state index in [1.54, 1.807) is 4.90 Å². The van der Waals surface area contributed by atoms with Crippen LogP contribution in [0, 0.1) is 0 Å². The van der Waals surface area contributed by atoms with Crippen molar-refractivity contribution in [2.75, 3.05) is 45.0 Å². The van der Waals surface area contributed by atoms with Crippen LogP contribution in [-0.4, -0.2) is 77.7 Å². The molecule has 2 aliphatic heterocycles. The van der Waals surface area contributed by atoms with E-state index < -0.39 is 17.7 Å². The summed E-state index contributed by atoms with van der Waals surface area (Å²) in [4.78, 5) is 27.2. The van der Waals surface area contributed by atoms with Crippen molar-refractivity contribution >= 4 is 17.7 Å². The molecule has 0 spiro atoms. The number of carbonyl (C=O) groups excluding carboxylic acids is 2. The van der Waals surface area contributed by atoms with Gasteiger partial charge in [0.25, 0.3) is 0 Å². The van der Waals surface area contributed by atoms with Gasteiger partial charge >= 0.3 is 6.09 Å². The zero-order valence-electron chi connectivity index (χ0n) is 19.7. The Morgan fingerprint density at radius 2 is 2.06 bits per heavy atom. The van der Waals surface area contributed by atoms with Crippen molar-refractivity contribution < 1.29 is 18.7 Å². The molecule has 0 radical (unpaired) electrons. The molecule has 184 valence electrons. The summed E-state index contributed by atoms with van der Waals surface area (Å²) in [6.07, 6.45) is 2.94. The van der Waals surface area contributed by atoms with Crippen molar-refractivity contribution in [3.63, 3.8) is 0 Å². The van der Waals surface area contributed by atoms with Crippen LogP contribution in [0.4, 0.5) is 14.9 Å². The van der Waals surface area contributed by atoms with Gasteiger partial charge in [-0.1, -0.05) is 18.2 Å². The van der Waals surface area contributed by atoms with Gasteiger partial charge in [0.2, 0.25) is 5.91 Å². The van der Waals surface area contributed by atoms with Gasteiger partial charge in [-0.25, -0.2) is 14.2 Å². The number of hydrogen-bond acceptors (Lipinski definition) is 7. The Balaban J connectivity index is 1.36. The first-order valence-electron chi connectivity index (χ1n) is 11.6. The third kappa shape index (κ3) is 5.51. The van der Waals surface area contributed by atoms with Crippen LogP contribution in [0.2, 0.25) is 0 Å². The number of halogens is 1. The largest absolute Gasteiger partial charge is 0.442 e. The average Bonchev–Trinajstić information content (AvgIpc) is 3.02. The number of hydrogen-bond donors (Lipinski definition) is 3. The minimum Gasteiger partial charge on any atom is -0.442 e. The number of ether oxygens (including phenoxy) is 1. The van der Waals surface area contributed by atoms with Crippen molar-refractivity contribution in [1.82, 2.24) is 25.6 Å². The predicted octanol–water partition coefficient (Wildman–Crippen LogP) is 1.75. The lowest BCUT2D eigenvalue weighted by Gasteiger charge is -2.38. The Morgan fingerprint density at radius 1 is 1.29 bits per heavy atom. The molecule has 2 amide bonds. The number of allylic oxidation sites excluding steroid dienone is 1. The second kappa shape index (κ2) is 10.0. The molecule has 2 fully saturated rings. The van der Waals surface area contributed by atoms with Gasteiger partial charge in [-0.15, -0.1) is 0 Å². The van der Waals surface area contributed by atoms with Crippen LogP contribution in [0.1, 0.15) is 25.8 Å². The maximum absolute atomic E-state index is 15.3. The molecule has 1 aliphatic carbocycles. The Morgan fingerprint density at radius 3 is 2.76 bits per heavy atom. The molecular weight excluding hydrogens is 439 g/mol. The fourth-order valence-electron chi connectivity index (χ4n) is 4.57. The fourth-order valence-corrected chi connectivity index (χ4v) is 4.57. The van der Waals surface area contributed by atoms with Gasteiger partial charge in [-0.2, -0.15) is 0 Å². The molecule has 1 unspecified atom stereocenters. The quantitative estimate of drug-likeness (QED) is 0.542. The molecule has 2 heterocycles. The molecule has 3 aliphatic rings. The molecular formula is C24H33FN6O3. The summed E-state index contributed by atoms with van der Waals surface area (Å²) < 4.78 is 20.7. The Kier molecular flexibility index (Phi) is 7.08. The van der Waals surface area contributed by atoms with Crippen LogP contribution in [0.15, 0.2) is 47.9 Å². The van der Waals surface area contributed by atoms with Crippen molar-refractivity contribution in [2.24, 2.45) is 0 Å². The molecule has 9 nitrogen and oxygen atoms in total. The smallest absolute Gasteiger partial charge is 0.411 e. The molecule has 10 heteroatoms. The topological polar surface area (TPSA) is 103 Å². The summed E-state index contributed by atoms with van der Waals surface area (Å²) in [7, 11) is 0. The van der Waals surface area contributed by atoms with Gasteiger partial charge in [-0.05, 0) is 37.1 Å². The van der Waals surface area contributed by atoms with Gasteiger partial charge in [0, 0.05) is 45.3 Å². The van der Waals surface area contributed by atoms with Gasteiger partial charge in [0.15, 0.2) is 0 Å². The van der Waals surface area contributed by atoms with Crippen LogP contribution in [0.25, 0.3) is 0 Å². The standard InChI is InChI=1S/C24H33FN6O3/c1-17(32)27-14-20-16-31(23(33)34-20)24(2)8-7-22(21(25)13-24)29-10-9-28-30(12-11-29)15-18-3-5-19(26)6-4-18/h3-7,13,20,28H,8-12,14-16,26H2,1-2H3,(H,27,32)/t20-,24?/m0/s1. The highest BCUT2D eigenvalue weighted by Crippen LogP contribution is 2.35. The molecule has 4 rings (SSSR count). The number of anilines is 1.